The fourth-order valence-corrected chi connectivity index (χ4v) is 4.01. The lowest BCUT2D eigenvalue weighted by Crippen LogP contribution is -2.38. The molecule has 0 radical (unpaired) electrons. The van der Waals surface area contributed by atoms with Crippen LogP contribution in [0.2, 0.25) is 0 Å². The lowest BCUT2D eigenvalue weighted by molar-refractivity contribution is 0.0718. The van der Waals surface area contributed by atoms with Gasteiger partial charge < -0.3 is 5.11 Å². The minimum absolute atomic E-state index is 0.116. The minimum atomic E-state index is -0.157. The van der Waals surface area contributed by atoms with Gasteiger partial charge in [-0.1, -0.05) is 12.5 Å². The number of hydrogen-bond donors (Lipinski definition) is 1. The summed E-state index contributed by atoms with van der Waals surface area (Å²) in [5.41, 5.74) is 2.24. The van der Waals surface area contributed by atoms with Crippen molar-refractivity contribution >= 4 is 0 Å². The second-order valence-electron chi connectivity index (χ2n) is 6.41. The van der Waals surface area contributed by atoms with Gasteiger partial charge in [0.05, 0.1) is 6.10 Å². The van der Waals surface area contributed by atoms with E-state index in [-0.39, 0.29) is 11.9 Å². The van der Waals surface area contributed by atoms with Crippen LogP contribution in [0.1, 0.15) is 43.2 Å². The van der Waals surface area contributed by atoms with E-state index in [4.69, 9.17) is 0 Å². The molecular weight excluding hydrogens is 253 g/mol. The van der Waals surface area contributed by atoms with E-state index in [0.29, 0.717) is 12.0 Å². The fourth-order valence-electron chi connectivity index (χ4n) is 4.01. The molecule has 3 heteroatoms. The van der Waals surface area contributed by atoms with Gasteiger partial charge in [-0.25, -0.2) is 4.39 Å². The Balaban J connectivity index is 1.72. The van der Waals surface area contributed by atoms with Gasteiger partial charge in [0.2, 0.25) is 0 Å². The summed E-state index contributed by atoms with van der Waals surface area (Å²) in [7, 11) is 0. The number of halogens is 1. The molecular formula is C17H24FNO. The molecule has 20 heavy (non-hydrogen) atoms. The third kappa shape index (κ3) is 2.75. The molecule has 0 aromatic heterocycles. The van der Waals surface area contributed by atoms with E-state index in [0.717, 1.165) is 37.9 Å². The van der Waals surface area contributed by atoms with E-state index < -0.39 is 0 Å². The topological polar surface area (TPSA) is 23.5 Å². The van der Waals surface area contributed by atoms with Crippen molar-refractivity contribution in [3.8, 4) is 0 Å². The van der Waals surface area contributed by atoms with Crippen LogP contribution >= 0.6 is 0 Å². The van der Waals surface area contributed by atoms with Crippen LogP contribution in [0.4, 0.5) is 4.39 Å². The maximum atomic E-state index is 13.2. The van der Waals surface area contributed by atoms with Crippen LogP contribution < -0.4 is 0 Å². The van der Waals surface area contributed by atoms with Gasteiger partial charge in [0, 0.05) is 18.5 Å². The van der Waals surface area contributed by atoms with Crippen molar-refractivity contribution in [2.75, 3.05) is 6.54 Å². The minimum Gasteiger partial charge on any atom is -0.393 e. The van der Waals surface area contributed by atoms with Crippen molar-refractivity contribution in [3.05, 3.63) is 35.1 Å². The summed E-state index contributed by atoms with van der Waals surface area (Å²) in [4.78, 5) is 2.50. The summed E-state index contributed by atoms with van der Waals surface area (Å²) in [6.07, 6.45) is 5.58. The zero-order valence-corrected chi connectivity index (χ0v) is 12.2. The smallest absolute Gasteiger partial charge is 0.123 e. The van der Waals surface area contributed by atoms with Crippen molar-refractivity contribution in [2.24, 2.45) is 5.92 Å². The monoisotopic (exact) mass is 277 g/mol. The number of nitrogens with zero attached hydrogens (tertiary/aromatic N) is 1. The van der Waals surface area contributed by atoms with E-state index in [2.05, 4.69) is 4.90 Å². The van der Waals surface area contributed by atoms with Crippen LogP contribution in [0, 0.1) is 18.7 Å². The highest BCUT2D eigenvalue weighted by Gasteiger charge is 2.38. The maximum Gasteiger partial charge on any atom is 0.123 e. The number of benzene rings is 1. The zero-order valence-electron chi connectivity index (χ0n) is 12.2. The molecule has 1 aromatic carbocycles. The van der Waals surface area contributed by atoms with Gasteiger partial charge in [-0.05, 0) is 62.4 Å². The number of rotatable bonds is 3. The van der Waals surface area contributed by atoms with Crippen molar-refractivity contribution in [1.82, 2.24) is 4.90 Å². The van der Waals surface area contributed by atoms with Crippen molar-refractivity contribution in [3.63, 3.8) is 0 Å². The van der Waals surface area contributed by atoms with Gasteiger partial charge in [-0.2, -0.15) is 0 Å². The maximum absolute atomic E-state index is 13.2. The highest BCUT2D eigenvalue weighted by molar-refractivity contribution is 5.26. The highest BCUT2D eigenvalue weighted by atomic mass is 19.1. The second-order valence-corrected chi connectivity index (χ2v) is 6.41. The van der Waals surface area contributed by atoms with Crippen LogP contribution in [0.15, 0.2) is 18.2 Å². The Labute approximate surface area is 120 Å². The summed E-state index contributed by atoms with van der Waals surface area (Å²) in [6.45, 7) is 3.97. The number of hydrogen-bond acceptors (Lipinski definition) is 2. The Morgan fingerprint density at radius 3 is 2.80 bits per heavy atom. The molecule has 0 spiro atoms. The Morgan fingerprint density at radius 2 is 2.10 bits per heavy atom. The molecule has 1 saturated carbocycles. The summed E-state index contributed by atoms with van der Waals surface area (Å²) in [5.74, 6) is 0.286. The van der Waals surface area contributed by atoms with Gasteiger partial charge in [0.15, 0.2) is 0 Å². The summed E-state index contributed by atoms with van der Waals surface area (Å²) >= 11 is 0. The van der Waals surface area contributed by atoms with E-state index >= 15 is 0 Å². The molecule has 1 aliphatic carbocycles. The van der Waals surface area contributed by atoms with Crippen LogP contribution in [0.25, 0.3) is 0 Å². The van der Waals surface area contributed by atoms with E-state index in [9.17, 15) is 9.50 Å². The van der Waals surface area contributed by atoms with E-state index in [1.54, 1.807) is 12.1 Å². The SMILES string of the molecule is Cc1cc(F)ccc1CN1CCCC1C1CCCC1O. The van der Waals surface area contributed by atoms with Gasteiger partial charge in [-0.15, -0.1) is 0 Å². The Bertz CT molecular complexity index is 476. The first-order valence-electron chi connectivity index (χ1n) is 7.82. The Morgan fingerprint density at radius 1 is 1.25 bits per heavy atom. The molecule has 0 bridgehead atoms. The first-order chi connectivity index (χ1) is 9.65. The first-order valence-corrected chi connectivity index (χ1v) is 7.82. The summed E-state index contributed by atoms with van der Waals surface area (Å²) in [5, 5.41) is 10.1. The van der Waals surface area contributed by atoms with Crippen LogP contribution in [-0.2, 0) is 6.54 Å². The number of aliphatic hydroxyl groups excluding tert-OH is 1. The summed E-state index contributed by atoms with van der Waals surface area (Å²) < 4.78 is 13.2. The molecule has 110 valence electrons. The average Bonchev–Trinajstić information content (AvgIpc) is 3.01. The normalized spacial score (nSPS) is 31.1. The van der Waals surface area contributed by atoms with Crippen LogP contribution in [-0.4, -0.2) is 28.7 Å². The predicted octanol–water partition coefficient (Wildman–Crippen LogP) is 3.26. The van der Waals surface area contributed by atoms with Gasteiger partial charge >= 0.3 is 0 Å². The highest BCUT2D eigenvalue weighted by Crippen LogP contribution is 2.36. The molecule has 2 aliphatic rings. The zero-order chi connectivity index (χ0) is 14.1. The molecule has 2 nitrogen and oxygen atoms in total. The number of likely N-dealkylation sites (tertiary alicyclic amines) is 1. The van der Waals surface area contributed by atoms with Crippen molar-refractivity contribution in [1.29, 1.82) is 0 Å². The number of aryl methyl sites for hydroxylation is 1. The summed E-state index contributed by atoms with van der Waals surface area (Å²) in [6, 6.07) is 5.59. The van der Waals surface area contributed by atoms with Gasteiger partial charge in [0.1, 0.15) is 5.82 Å². The first kappa shape index (κ1) is 14.0. The molecule has 1 heterocycles. The third-order valence-electron chi connectivity index (χ3n) is 5.12. The molecule has 3 atom stereocenters. The quantitative estimate of drug-likeness (QED) is 0.916. The van der Waals surface area contributed by atoms with Crippen molar-refractivity contribution in [2.45, 2.75) is 57.7 Å². The number of aliphatic hydroxyl groups is 1. The van der Waals surface area contributed by atoms with Crippen molar-refractivity contribution < 1.29 is 9.50 Å². The molecule has 1 aliphatic heterocycles. The standard InChI is InChI=1S/C17H24FNO/c1-12-10-14(18)8-7-13(12)11-19-9-3-5-16(19)15-4-2-6-17(15)20/h7-8,10,15-17,20H,2-6,9,11H2,1H3. The lowest BCUT2D eigenvalue weighted by atomic mass is 9.93. The predicted molar refractivity (Wildman–Crippen MR) is 77.9 cm³/mol. The van der Waals surface area contributed by atoms with Crippen LogP contribution in [0.3, 0.4) is 0 Å². The second kappa shape index (κ2) is 5.82. The molecule has 3 unspecified atom stereocenters. The largest absolute Gasteiger partial charge is 0.393 e. The molecule has 1 N–H and O–H groups in total. The van der Waals surface area contributed by atoms with E-state index in [1.807, 2.05) is 13.0 Å². The van der Waals surface area contributed by atoms with Crippen LogP contribution in [0.5, 0.6) is 0 Å². The molecule has 3 rings (SSSR count). The molecule has 1 aromatic rings. The van der Waals surface area contributed by atoms with E-state index in [1.165, 1.54) is 18.4 Å². The average molecular weight is 277 g/mol. The van der Waals surface area contributed by atoms with Gasteiger partial charge in [-0.3, -0.25) is 4.90 Å². The van der Waals surface area contributed by atoms with Gasteiger partial charge in [0.25, 0.3) is 0 Å². The molecule has 0 amide bonds. The molecule has 2 fully saturated rings. The Hall–Kier alpha value is -0.930. The molecule has 1 saturated heterocycles. The third-order valence-corrected chi connectivity index (χ3v) is 5.12. The fraction of sp³-hybridized carbons (Fsp3) is 0.647. The lowest BCUT2D eigenvalue weighted by Gasteiger charge is -2.31. The Kier molecular flexibility index (Phi) is 4.08.